The van der Waals surface area contributed by atoms with Gasteiger partial charge < -0.3 is 20.1 Å². The highest BCUT2D eigenvalue weighted by Gasteiger charge is 2.14. The van der Waals surface area contributed by atoms with E-state index >= 15 is 0 Å². The Kier molecular flexibility index (Phi) is 3.98. The van der Waals surface area contributed by atoms with Gasteiger partial charge in [-0.2, -0.15) is 4.98 Å². The molecule has 0 radical (unpaired) electrons. The van der Waals surface area contributed by atoms with Gasteiger partial charge in [-0.3, -0.25) is 0 Å². The van der Waals surface area contributed by atoms with E-state index in [9.17, 15) is 0 Å². The van der Waals surface area contributed by atoms with Gasteiger partial charge in [0.2, 0.25) is 12.7 Å². The van der Waals surface area contributed by atoms with Crippen LogP contribution in [0.2, 0.25) is 0 Å². The fraction of sp³-hybridized carbons (Fsp3) is 0.412. The van der Waals surface area contributed by atoms with Gasteiger partial charge in [0.15, 0.2) is 11.5 Å². The number of benzene rings is 1. The molecule has 0 bridgehead atoms. The third-order valence-electron chi connectivity index (χ3n) is 3.25. The summed E-state index contributed by atoms with van der Waals surface area (Å²) in [5, 5.41) is 6.63. The van der Waals surface area contributed by atoms with E-state index in [1.165, 1.54) is 0 Å². The lowest BCUT2D eigenvalue weighted by atomic mass is 10.1. The summed E-state index contributed by atoms with van der Waals surface area (Å²) < 4.78 is 10.7. The van der Waals surface area contributed by atoms with Gasteiger partial charge in [0.1, 0.15) is 5.82 Å². The van der Waals surface area contributed by atoms with Crippen molar-refractivity contribution in [2.24, 2.45) is 0 Å². The third-order valence-corrected chi connectivity index (χ3v) is 3.25. The number of aryl methyl sites for hydroxylation is 1. The van der Waals surface area contributed by atoms with Gasteiger partial charge in [0.05, 0.1) is 0 Å². The number of hydrogen-bond acceptors (Lipinski definition) is 6. The van der Waals surface area contributed by atoms with Crippen molar-refractivity contribution in [2.75, 3.05) is 17.4 Å². The smallest absolute Gasteiger partial charge is 0.231 e. The Labute approximate surface area is 136 Å². The Bertz CT molecular complexity index is 710. The molecule has 0 amide bonds. The zero-order chi connectivity index (χ0) is 16.4. The molecule has 0 aliphatic carbocycles. The normalized spacial score (nSPS) is 13.0. The van der Waals surface area contributed by atoms with Crippen molar-refractivity contribution in [3.05, 3.63) is 35.5 Å². The second-order valence-corrected chi connectivity index (χ2v) is 6.63. The third kappa shape index (κ3) is 4.03. The van der Waals surface area contributed by atoms with Crippen molar-refractivity contribution in [3.8, 4) is 11.5 Å². The first kappa shape index (κ1) is 15.4. The van der Waals surface area contributed by atoms with E-state index in [-0.39, 0.29) is 5.54 Å². The van der Waals surface area contributed by atoms with Crippen molar-refractivity contribution >= 4 is 11.8 Å². The molecule has 0 unspecified atom stereocenters. The lowest BCUT2D eigenvalue weighted by molar-refractivity contribution is 0.174. The van der Waals surface area contributed by atoms with Crippen LogP contribution in [0.4, 0.5) is 11.8 Å². The lowest BCUT2D eigenvalue weighted by Gasteiger charge is -2.21. The van der Waals surface area contributed by atoms with Crippen LogP contribution in [-0.2, 0) is 6.54 Å². The number of nitrogens with zero attached hydrogens (tertiary/aromatic N) is 2. The van der Waals surface area contributed by atoms with Crippen LogP contribution in [0.25, 0.3) is 0 Å². The highest BCUT2D eigenvalue weighted by atomic mass is 16.7. The van der Waals surface area contributed by atoms with E-state index in [0.29, 0.717) is 19.3 Å². The van der Waals surface area contributed by atoms with Crippen molar-refractivity contribution in [1.82, 2.24) is 9.97 Å². The summed E-state index contributed by atoms with van der Waals surface area (Å²) in [6.07, 6.45) is 0. The monoisotopic (exact) mass is 314 g/mol. The average molecular weight is 314 g/mol. The molecule has 6 nitrogen and oxygen atoms in total. The van der Waals surface area contributed by atoms with E-state index in [1.54, 1.807) is 0 Å². The molecule has 23 heavy (non-hydrogen) atoms. The van der Waals surface area contributed by atoms with Crippen molar-refractivity contribution in [1.29, 1.82) is 0 Å². The number of rotatable bonds is 4. The topological polar surface area (TPSA) is 68.3 Å². The minimum Gasteiger partial charge on any atom is -0.454 e. The SMILES string of the molecule is Cc1cc(NCc2ccc3c(c2)OCO3)nc(NC(C)(C)C)n1. The molecule has 6 heteroatoms. The number of anilines is 2. The fourth-order valence-corrected chi connectivity index (χ4v) is 2.29. The van der Waals surface area contributed by atoms with E-state index in [1.807, 2.05) is 31.2 Å². The van der Waals surface area contributed by atoms with Gasteiger partial charge in [0, 0.05) is 23.8 Å². The van der Waals surface area contributed by atoms with Crippen LogP contribution in [0.5, 0.6) is 11.5 Å². The number of ether oxygens (including phenoxy) is 2. The molecular formula is C17H22N4O2. The first-order valence-corrected chi connectivity index (χ1v) is 7.65. The Morgan fingerprint density at radius 3 is 2.65 bits per heavy atom. The molecule has 2 aromatic rings. The molecular weight excluding hydrogens is 292 g/mol. The highest BCUT2D eigenvalue weighted by molar-refractivity contribution is 5.47. The standard InChI is InChI=1S/C17H22N4O2/c1-11-7-15(20-16(19-11)21-17(2,3)4)18-9-12-5-6-13-14(8-12)23-10-22-13/h5-8H,9-10H2,1-4H3,(H2,18,19,20,21). The van der Waals surface area contributed by atoms with Gasteiger partial charge in [-0.05, 0) is 45.4 Å². The Morgan fingerprint density at radius 2 is 1.87 bits per heavy atom. The molecule has 1 aromatic carbocycles. The number of hydrogen-bond donors (Lipinski definition) is 2. The molecule has 1 aliphatic rings. The molecule has 1 aromatic heterocycles. The average Bonchev–Trinajstić information content (AvgIpc) is 2.90. The minimum atomic E-state index is -0.0810. The Hall–Kier alpha value is -2.50. The maximum Gasteiger partial charge on any atom is 0.231 e. The molecule has 0 spiro atoms. The summed E-state index contributed by atoms with van der Waals surface area (Å²) >= 11 is 0. The first-order chi connectivity index (χ1) is 10.9. The summed E-state index contributed by atoms with van der Waals surface area (Å²) in [6.45, 7) is 9.15. The molecule has 2 heterocycles. The molecule has 1 aliphatic heterocycles. The fourth-order valence-electron chi connectivity index (χ4n) is 2.29. The van der Waals surface area contributed by atoms with E-state index < -0.39 is 0 Å². The number of aromatic nitrogens is 2. The summed E-state index contributed by atoms with van der Waals surface area (Å²) in [7, 11) is 0. The summed E-state index contributed by atoms with van der Waals surface area (Å²) in [5.41, 5.74) is 1.94. The largest absolute Gasteiger partial charge is 0.454 e. The van der Waals surface area contributed by atoms with Gasteiger partial charge in [0.25, 0.3) is 0 Å². The van der Waals surface area contributed by atoms with Crippen LogP contribution in [0.1, 0.15) is 32.0 Å². The van der Waals surface area contributed by atoms with Gasteiger partial charge in [-0.15, -0.1) is 0 Å². The summed E-state index contributed by atoms with van der Waals surface area (Å²) in [6, 6.07) is 7.86. The second kappa shape index (κ2) is 5.95. The highest BCUT2D eigenvalue weighted by Crippen LogP contribution is 2.32. The first-order valence-electron chi connectivity index (χ1n) is 7.65. The Morgan fingerprint density at radius 1 is 1.09 bits per heavy atom. The van der Waals surface area contributed by atoms with Crippen LogP contribution in [0.15, 0.2) is 24.3 Å². The maximum absolute atomic E-state index is 5.40. The van der Waals surface area contributed by atoms with Gasteiger partial charge >= 0.3 is 0 Å². The quantitative estimate of drug-likeness (QED) is 0.902. The molecule has 0 atom stereocenters. The maximum atomic E-state index is 5.40. The predicted molar refractivity (Wildman–Crippen MR) is 90.0 cm³/mol. The van der Waals surface area contributed by atoms with Gasteiger partial charge in [-0.1, -0.05) is 6.07 Å². The summed E-state index contributed by atoms with van der Waals surface area (Å²) in [4.78, 5) is 8.94. The minimum absolute atomic E-state index is 0.0810. The van der Waals surface area contributed by atoms with Crippen molar-refractivity contribution in [2.45, 2.75) is 39.8 Å². The van der Waals surface area contributed by atoms with Crippen molar-refractivity contribution < 1.29 is 9.47 Å². The second-order valence-electron chi connectivity index (χ2n) is 6.63. The van der Waals surface area contributed by atoms with E-state index in [4.69, 9.17) is 9.47 Å². The van der Waals surface area contributed by atoms with Crippen LogP contribution in [0.3, 0.4) is 0 Å². The van der Waals surface area contributed by atoms with E-state index in [2.05, 4.69) is 41.4 Å². The zero-order valence-electron chi connectivity index (χ0n) is 13.9. The predicted octanol–water partition coefficient (Wildman–Crippen LogP) is 3.34. The Balaban J connectivity index is 1.70. The molecule has 122 valence electrons. The van der Waals surface area contributed by atoms with Crippen LogP contribution in [0, 0.1) is 6.92 Å². The van der Waals surface area contributed by atoms with E-state index in [0.717, 1.165) is 28.6 Å². The molecule has 0 fully saturated rings. The van der Waals surface area contributed by atoms with Crippen molar-refractivity contribution in [3.63, 3.8) is 0 Å². The number of fused-ring (bicyclic) bond motifs is 1. The van der Waals surface area contributed by atoms with Crippen LogP contribution < -0.4 is 20.1 Å². The number of nitrogens with one attached hydrogen (secondary N) is 2. The van der Waals surface area contributed by atoms with Crippen LogP contribution in [-0.4, -0.2) is 22.3 Å². The lowest BCUT2D eigenvalue weighted by Crippen LogP contribution is -2.27. The zero-order valence-corrected chi connectivity index (χ0v) is 13.9. The van der Waals surface area contributed by atoms with Gasteiger partial charge in [-0.25, -0.2) is 4.98 Å². The van der Waals surface area contributed by atoms with Crippen LogP contribution >= 0.6 is 0 Å². The molecule has 3 rings (SSSR count). The summed E-state index contributed by atoms with van der Waals surface area (Å²) in [5.74, 6) is 3.01. The molecule has 2 N–H and O–H groups in total. The molecule has 0 saturated carbocycles. The molecule has 0 saturated heterocycles.